The van der Waals surface area contributed by atoms with Gasteiger partial charge in [-0.05, 0) is 24.4 Å². The van der Waals surface area contributed by atoms with Crippen molar-refractivity contribution in [2.45, 2.75) is 25.3 Å². The summed E-state index contributed by atoms with van der Waals surface area (Å²) in [5.74, 6) is -1.26. The summed E-state index contributed by atoms with van der Waals surface area (Å²) in [7, 11) is 0. The Morgan fingerprint density at radius 2 is 2.35 bits per heavy atom. The number of rotatable bonds is 6. The van der Waals surface area contributed by atoms with Crippen molar-refractivity contribution >= 4 is 52.1 Å². The molecule has 1 aromatic rings. The molecule has 1 N–H and O–H groups in total. The fourth-order valence-electron chi connectivity index (χ4n) is 3.05. The Balaban J connectivity index is 1.81. The molecule has 2 amide bonds. The van der Waals surface area contributed by atoms with Crippen LogP contribution < -0.4 is 4.90 Å². The Hall–Kier alpha value is -2.07. The third-order valence-electron chi connectivity index (χ3n) is 4.37. The number of thiophene rings is 1. The number of anilines is 1. The molecule has 0 saturated carbocycles. The molecule has 10 heteroatoms. The zero-order valence-electron chi connectivity index (χ0n) is 14.3. The van der Waals surface area contributed by atoms with Crippen LogP contribution in [-0.4, -0.2) is 64.3 Å². The first-order chi connectivity index (χ1) is 12.4. The molecule has 2 saturated heterocycles. The number of thioether (sulfide) groups is 1. The molecule has 26 heavy (non-hydrogen) atoms. The average Bonchev–Trinajstić information content (AvgIpc) is 3.13. The topological polar surface area (TPSA) is 99.5 Å². The molecule has 0 spiro atoms. The molecule has 2 aliphatic heterocycles. The van der Waals surface area contributed by atoms with Gasteiger partial charge in [0.25, 0.3) is 0 Å². The first kappa shape index (κ1) is 18.7. The van der Waals surface area contributed by atoms with Crippen molar-refractivity contribution in [3.63, 3.8) is 0 Å². The molecular formula is C16H19N3O5S2. The van der Waals surface area contributed by atoms with Crippen LogP contribution in [-0.2, 0) is 19.2 Å². The summed E-state index contributed by atoms with van der Waals surface area (Å²) in [6.07, 6.45) is 1.27. The Kier molecular flexibility index (Phi) is 5.24. The van der Waals surface area contributed by atoms with Crippen molar-refractivity contribution in [2.24, 2.45) is 10.6 Å². The lowest BCUT2D eigenvalue weighted by Crippen LogP contribution is -2.74. The van der Waals surface area contributed by atoms with Crippen LogP contribution in [0.4, 0.5) is 5.00 Å². The first-order valence-electron chi connectivity index (χ1n) is 8.06. The normalized spacial score (nSPS) is 27.8. The third kappa shape index (κ3) is 3.07. The minimum absolute atomic E-state index is 0.0160. The Labute approximate surface area is 158 Å². The molecule has 2 unspecified atom stereocenters. The van der Waals surface area contributed by atoms with E-state index in [0.717, 1.165) is 0 Å². The largest absolute Gasteiger partial charge is 0.480 e. The summed E-state index contributed by atoms with van der Waals surface area (Å²) in [5, 5.41) is 15.7. The summed E-state index contributed by atoms with van der Waals surface area (Å²) in [4.78, 5) is 44.6. The molecular weight excluding hydrogens is 378 g/mol. The van der Waals surface area contributed by atoms with Gasteiger partial charge in [-0.25, -0.2) is 0 Å². The van der Waals surface area contributed by atoms with E-state index < -0.39 is 17.4 Å². The van der Waals surface area contributed by atoms with Crippen LogP contribution >= 0.6 is 23.1 Å². The number of oxime groups is 1. The molecule has 1 aromatic heterocycles. The molecule has 3 rings (SSSR count). The van der Waals surface area contributed by atoms with E-state index >= 15 is 0 Å². The van der Waals surface area contributed by atoms with E-state index in [9.17, 15) is 19.5 Å². The number of carbonyl (C=O) groups excluding carboxylic acids is 2. The van der Waals surface area contributed by atoms with Crippen LogP contribution in [0.2, 0.25) is 0 Å². The van der Waals surface area contributed by atoms with Gasteiger partial charge in [-0.3, -0.25) is 19.3 Å². The predicted octanol–water partition coefficient (Wildman–Crippen LogP) is 1.48. The first-order valence-corrected chi connectivity index (χ1v) is 9.99. The smallest absolute Gasteiger partial charge is 0.317 e. The van der Waals surface area contributed by atoms with Gasteiger partial charge >= 0.3 is 5.97 Å². The van der Waals surface area contributed by atoms with Gasteiger partial charge < -0.3 is 14.8 Å². The number of fused-ring (bicyclic) bond motifs is 1. The highest BCUT2D eigenvalue weighted by Crippen LogP contribution is 2.44. The van der Waals surface area contributed by atoms with Gasteiger partial charge in [0, 0.05) is 19.2 Å². The fraction of sp³-hybridized carbons (Fsp3) is 0.500. The van der Waals surface area contributed by atoms with Gasteiger partial charge in [0.2, 0.25) is 11.8 Å². The highest BCUT2D eigenvalue weighted by Gasteiger charge is 2.59. The highest BCUT2D eigenvalue weighted by atomic mass is 32.2. The molecule has 0 aromatic carbocycles. The summed E-state index contributed by atoms with van der Waals surface area (Å²) >= 11 is 2.74. The van der Waals surface area contributed by atoms with Crippen LogP contribution in [0.15, 0.2) is 22.7 Å². The van der Waals surface area contributed by atoms with Gasteiger partial charge in [-0.2, -0.15) is 0 Å². The van der Waals surface area contributed by atoms with Crippen LogP contribution in [0.5, 0.6) is 0 Å². The average molecular weight is 397 g/mol. The lowest BCUT2D eigenvalue weighted by molar-refractivity contribution is -0.153. The molecule has 3 atom stereocenters. The minimum atomic E-state index is -1.29. The van der Waals surface area contributed by atoms with E-state index in [-0.39, 0.29) is 29.5 Å². The summed E-state index contributed by atoms with van der Waals surface area (Å²) in [5.41, 5.74) is -1.29. The lowest BCUT2D eigenvalue weighted by Gasteiger charge is -2.55. The van der Waals surface area contributed by atoms with E-state index in [1.54, 1.807) is 13.0 Å². The second-order valence-corrected chi connectivity index (χ2v) is 8.10. The Morgan fingerprint density at radius 1 is 1.58 bits per heavy atom. The molecule has 3 heterocycles. The van der Waals surface area contributed by atoms with Crippen LogP contribution in [0.25, 0.3) is 0 Å². The molecule has 140 valence electrons. The van der Waals surface area contributed by atoms with E-state index in [1.165, 1.54) is 46.0 Å². The van der Waals surface area contributed by atoms with Gasteiger partial charge in [0.15, 0.2) is 0 Å². The van der Waals surface area contributed by atoms with Crippen molar-refractivity contribution in [2.75, 3.05) is 23.8 Å². The van der Waals surface area contributed by atoms with Gasteiger partial charge in [-0.1, -0.05) is 5.16 Å². The van der Waals surface area contributed by atoms with Gasteiger partial charge in [0.1, 0.15) is 23.4 Å². The molecule has 8 nitrogen and oxygen atoms in total. The maximum atomic E-state index is 12.7. The van der Waals surface area contributed by atoms with E-state index in [2.05, 4.69) is 5.16 Å². The number of β-lactam (4-membered cyclic amide) rings is 1. The van der Waals surface area contributed by atoms with Gasteiger partial charge in [-0.15, -0.1) is 23.1 Å². The van der Waals surface area contributed by atoms with Crippen molar-refractivity contribution in [1.29, 1.82) is 0 Å². The number of nitrogens with zero attached hydrogens (tertiary/aromatic N) is 3. The summed E-state index contributed by atoms with van der Waals surface area (Å²) in [6, 6.07) is 3.02. The number of hydrogen-bond acceptors (Lipinski definition) is 7. The van der Waals surface area contributed by atoms with Crippen molar-refractivity contribution in [3.05, 3.63) is 17.5 Å². The fourth-order valence-corrected chi connectivity index (χ4v) is 5.39. The second-order valence-electron chi connectivity index (χ2n) is 6.07. The molecule has 0 aliphatic carbocycles. The van der Waals surface area contributed by atoms with Crippen molar-refractivity contribution in [1.82, 2.24) is 4.90 Å². The van der Waals surface area contributed by atoms with Crippen molar-refractivity contribution < 1.29 is 24.3 Å². The van der Waals surface area contributed by atoms with Gasteiger partial charge in [0.05, 0.1) is 11.2 Å². The predicted molar refractivity (Wildman–Crippen MR) is 99.4 cm³/mol. The van der Waals surface area contributed by atoms with E-state index in [0.29, 0.717) is 11.6 Å². The number of carboxylic acids is 1. The molecule has 2 fully saturated rings. The lowest BCUT2D eigenvalue weighted by atomic mass is 9.88. The second kappa shape index (κ2) is 7.28. The van der Waals surface area contributed by atoms with Crippen LogP contribution in [0, 0.1) is 5.41 Å². The summed E-state index contributed by atoms with van der Waals surface area (Å²) < 4.78 is 0. The SMILES string of the molecule is CCON=CC1(C(=O)O)CS[C@@H]2C(N(C(C)=O)c3cccs3)C(=O)N2C1. The maximum absolute atomic E-state index is 12.7. The van der Waals surface area contributed by atoms with Crippen LogP contribution in [0.1, 0.15) is 13.8 Å². The number of hydrogen-bond donors (Lipinski definition) is 1. The number of aliphatic carboxylic acids is 1. The van der Waals surface area contributed by atoms with Crippen molar-refractivity contribution in [3.8, 4) is 0 Å². The zero-order valence-corrected chi connectivity index (χ0v) is 16.0. The molecule has 0 bridgehead atoms. The van der Waals surface area contributed by atoms with E-state index in [4.69, 9.17) is 4.84 Å². The number of carboxylic acid groups (broad SMARTS) is 1. The highest BCUT2D eigenvalue weighted by molar-refractivity contribution is 8.00. The maximum Gasteiger partial charge on any atom is 0.317 e. The number of carbonyl (C=O) groups is 3. The van der Waals surface area contributed by atoms with Crippen LogP contribution in [0.3, 0.4) is 0 Å². The molecule has 2 aliphatic rings. The number of amides is 2. The Morgan fingerprint density at radius 3 is 2.92 bits per heavy atom. The summed E-state index contributed by atoms with van der Waals surface area (Å²) in [6.45, 7) is 3.53. The quantitative estimate of drug-likeness (QED) is 0.443. The Bertz CT molecular complexity index is 738. The third-order valence-corrected chi connectivity index (χ3v) is 6.77. The molecule has 0 radical (unpaired) electrons. The monoisotopic (exact) mass is 397 g/mol. The standard InChI is InChI=1S/C16H19N3O5S2/c1-3-24-17-7-16(15(22)23)8-18-13(21)12(14(18)26-9-16)19(10(2)20)11-5-4-6-25-11/h4-7,12,14H,3,8-9H2,1-2H3,(H,22,23)/t12?,14-,16?/m1/s1. The van der Waals surface area contributed by atoms with E-state index in [1.807, 2.05) is 11.4 Å². The zero-order chi connectivity index (χ0) is 18.9. The minimum Gasteiger partial charge on any atom is -0.480 e.